The Kier molecular flexibility index (Phi) is 4.74. The highest BCUT2D eigenvalue weighted by Crippen LogP contribution is 2.27. The van der Waals surface area contributed by atoms with Gasteiger partial charge in [-0.05, 0) is 53.2 Å². The molecule has 7 heteroatoms. The SMILES string of the molecule is CCOc1cccc(NS(=O)(=O)c2ccc(N)cc2Br)c1. The number of nitrogens with two attached hydrogens (primary N) is 1. The Morgan fingerprint density at radius 3 is 2.67 bits per heavy atom. The van der Waals surface area contributed by atoms with Crippen LogP contribution in [0.15, 0.2) is 51.8 Å². The van der Waals surface area contributed by atoms with E-state index in [1.807, 2.05) is 6.92 Å². The van der Waals surface area contributed by atoms with Crippen molar-refractivity contribution in [2.45, 2.75) is 11.8 Å². The maximum absolute atomic E-state index is 12.4. The largest absolute Gasteiger partial charge is 0.494 e. The molecule has 0 atom stereocenters. The molecule has 0 amide bonds. The minimum absolute atomic E-state index is 0.124. The maximum atomic E-state index is 12.4. The number of rotatable bonds is 5. The highest BCUT2D eigenvalue weighted by molar-refractivity contribution is 9.10. The Morgan fingerprint density at radius 2 is 2.00 bits per heavy atom. The molecule has 0 fully saturated rings. The number of anilines is 2. The number of hydrogen-bond donors (Lipinski definition) is 2. The third-order valence-corrected chi connectivity index (χ3v) is 5.00. The van der Waals surface area contributed by atoms with Gasteiger partial charge in [0.05, 0.1) is 12.3 Å². The van der Waals surface area contributed by atoms with Gasteiger partial charge in [-0.1, -0.05) is 6.07 Å². The summed E-state index contributed by atoms with van der Waals surface area (Å²) in [7, 11) is -3.70. The molecule has 0 spiro atoms. The zero-order chi connectivity index (χ0) is 15.5. The Bertz CT molecular complexity index is 748. The zero-order valence-corrected chi connectivity index (χ0v) is 13.7. The predicted molar refractivity (Wildman–Crippen MR) is 87.0 cm³/mol. The Morgan fingerprint density at radius 1 is 1.24 bits per heavy atom. The maximum Gasteiger partial charge on any atom is 0.263 e. The quantitative estimate of drug-likeness (QED) is 0.791. The smallest absolute Gasteiger partial charge is 0.263 e. The van der Waals surface area contributed by atoms with Gasteiger partial charge in [-0.2, -0.15) is 0 Å². The lowest BCUT2D eigenvalue weighted by Crippen LogP contribution is -2.13. The van der Waals surface area contributed by atoms with E-state index in [0.29, 0.717) is 28.2 Å². The third-order valence-electron chi connectivity index (χ3n) is 2.64. The van der Waals surface area contributed by atoms with Crippen LogP contribution < -0.4 is 15.2 Å². The number of sulfonamides is 1. The molecule has 2 rings (SSSR count). The minimum atomic E-state index is -3.70. The fourth-order valence-corrected chi connectivity index (χ4v) is 3.91. The predicted octanol–water partition coefficient (Wildman–Crippen LogP) is 3.23. The van der Waals surface area contributed by atoms with Crippen LogP contribution in [0.5, 0.6) is 5.75 Å². The lowest BCUT2D eigenvalue weighted by molar-refractivity contribution is 0.340. The lowest BCUT2D eigenvalue weighted by Gasteiger charge is -2.11. The normalized spacial score (nSPS) is 11.1. The van der Waals surface area contributed by atoms with E-state index < -0.39 is 10.0 Å². The first kappa shape index (κ1) is 15.7. The average molecular weight is 371 g/mol. The van der Waals surface area contributed by atoms with Crippen LogP contribution in [0.2, 0.25) is 0 Å². The van der Waals surface area contributed by atoms with Crippen LogP contribution in [0, 0.1) is 0 Å². The summed E-state index contributed by atoms with van der Waals surface area (Å²) in [5.74, 6) is 0.606. The van der Waals surface area contributed by atoms with E-state index in [2.05, 4.69) is 20.7 Å². The second kappa shape index (κ2) is 6.36. The van der Waals surface area contributed by atoms with Crippen LogP contribution >= 0.6 is 15.9 Å². The van der Waals surface area contributed by atoms with Gasteiger partial charge in [-0.3, -0.25) is 4.72 Å². The highest BCUT2D eigenvalue weighted by atomic mass is 79.9. The van der Waals surface area contributed by atoms with Gasteiger partial charge in [-0.15, -0.1) is 0 Å². The molecule has 0 bridgehead atoms. The van der Waals surface area contributed by atoms with Crippen molar-refractivity contribution in [2.75, 3.05) is 17.1 Å². The molecule has 0 aliphatic rings. The molecule has 0 aromatic heterocycles. The first-order valence-corrected chi connectivity index (χ1v) is 8.50. The molecule has 0 unspecified atom stereocenters. The first-order valence-electron chi connectivity index (χ1n) is 6.23. The molecule has 2 aromatic rings. The van der Waals surface area contributed by atoms with Crippen molar-refractivity contribution in [1.29, 1.82) is 0 Å². The molecular formula is C14H15BrN2O3S. The molecule has 112 valence electrons. The van der Waals surface area contributed by atoms with Gasteiger partial charge in [0.1, 0.15) is 10.6 Å². The van der Waals surface area contributed by atoms with E-state index in [1.165, 1.54) is 12.1 Å². The monoisotopic (exact) mass is 370 g/mol. The zero-order valence-electron chi connectivity index (χ0n) is 11.3. The molecule has 0 saturated carbocycles. The van der Waals surface area contributed by atoms with Crippen LogP contribution in [-0.4, -0.2) is 15.0 Å². The van der Waals surface area contributed by atoms with E-state index in [-0.39, 0.29) is 4.90 Å². The molecule has 0 saturated heterocycles. The summed E-state index contributed by atoms with van der Waals surface area (Å²) in [6.45, 7) is 2.38. The van der Waals surface area contributed by atoms with Crippen LogP contribution in [0.25, 0.3) is 0 Å². The van der Waals surface area contributed by atoms with Gasteiger partial charge in [-0.25, -0.2) is 8.42 Å². The number of nitrogen functional groups attached to an aromatic ring is 1. The standard InChI is InChI=1S/C14H15BrN2O3S/c1-2-20-12-5-3-4-11(9-12)17-21(18,19)14-7-6-10(16)8-13(14)15/h3-9,17H,2,16H2,1H3. The Balaban J connectivity index is 2.31. The van der Waals surface area contributed by atoms with Crippen LogP contribution in [0.4, 0.5) is 11.4 Å². The van der Waals surface area contributed by atoms with E-state index in [1.54, 1.807) is 30.3 Å². The molecule has 0 heterocycles. The van der Waals surface area contributed by atoms with Gasteiger partial charge in [0, 0.05) is 16.2 Å². The second-order valence-electron chi connectivity index (χ2n) is 4.26. The molecule has 2 aromatic carbocycles. The number of benzene rings is 2. The molecule has 0 aliphatic carbocycles. The third kappa shape index (κ3) is 3.89. The molecule has 0 aliphatic heterocycles. The fourth-order valence-electron chi connectivity index (χ4n) is 1.76. The van der Waals surface area contributed by atoms with Gasteiger partial charge in [0.25, 0.3) is 10.0 Å². The Labute approximate surface area is 132 Å². The van der Waals surface area contributed by atoms with Crippen molar-refractivity contribution >= 4 is 37.3 Å². The topological polar surface area (TPSA) is 81.4 Å². The fraction of sp³-hybridized carbons (Fsp3) is 0.143. The summed E-state index contributed by atoms with van der Waals surface area (Å²) in [5.41, 5.74) is 6.54. The van der Waals surface area contributed by atoms with E-state index in [9.17, 15) is 8.42 Å². The van der Waals surface area contributed by atoms with Crippen molar-refractivity contribution in [1.82, 2.24) is 0 Å². The van der Waals surface area contributed by atoms with Crippen molar-refractivity contribution in [3.63, 3.8) is 0 Å². The number of ether oxygens (including phenoxy) is 1. The van der Waals surface area contributed by atoms with Crippen molar-refractivity contribution < 1.29 is 13.2 Å². The summed E-state index contributed by atoms with van der Waals surface area (Å²) in [6, 6.07) is 11.3. The lowest BCUT2D eigenvalue weighted by atomic mass is 10.3. The summed E-state index contributed by atoms with van der Waals surface area (Å²) in [4.78, 5) is 0.124. The summed E-state index contributed by atoms with van der Waals surface area (Å²) >= 11 is 3.21. The Hall–Kier alpha value is -1.73. The number of hydrogen-bond acceptors (Lipinski definition) is 4. The van der Waals surface area contributed by atoms with Crippen LogP contribution in [-0.2, 0) is 10.0 Å². The van der Waals surface area contributed by atoms with Crippen molar-refractivity contribution in [3.8, 4) is 5.75 Å². The van der Waals surface area contributed by atoms with Gasteiger partial charge < -0.3 is 10.5 Å². The highest BCUT2D eigenvalue weighted by Gasteiger charge is 2.18. The molecule has 21 heavy (non-hydrogen) atoms. The van der Waals surface area contributed by atoms with E-state index in [4.69, 9.17) is 10.5 Å². The first-order chi connectivity index (χ1) is 9.92. The molecule has 0 radical (unpaired) electrons. The number of nitrogens with one attached hydrogen (secondary N) is 1. The van der Waals surface area contributed by atoms with Gasteiger partial charge >= 0.3 is 0 Å². The molecular weight excluding hydrogens is 356 g/mol. The van der Waals surface area contributed by atoms with E-state index in [0.717, 1.165) is 0 Å². The van der Waals surface area contributed by atoms with Crippen molar-refractivity contribution in [3.05, 3.63) is 46.9 Å². The average Bonchev–Trinajstić information content (AvgIpc) is 2.38. The van der Waals surface area contributed by atoms with Crippen LogP contribution in [0.1, 0.15) is 6.92 Å². The van der Waals surface area contributed by atoms with Gasteiger partial charge in [0.15, 0.2) is 0 Å². The van der Waals surface area contributed by atoms with Crippen LogP contribution in [0.3, 0.4) is 0 Å². The minimum Gasteiger partial charge on any atom is -0.494 e. The van der Waals surface area contributed by atoms with Crippen molar-refractivity contribution in [2.24, 2.45) is 0 Å². The summed E-state index contributed by atoms with van der Waals surface area (Å²) in [5, 5.41) is 0. The summed E-state index contributed by atoms with van der Waals surface area (Å²) < 4.78 is 33.0. The van der Waals surface area contributed by atoms with Gasteiger partial charge in [0.2, 0.25) is 0 Å². The van der Waals surface area contributed by atoms with E-state index >= 15 is 0 Å². The molecule has 3 N–H and O–H groups in total. The summed E-state index contributed by atoms with van der Waals surface area (Å²) in [6.07, 6.45) is 0. The second-order valence-corrected chi connectivity index (χ2v) is 6.76. The number of halogens is 1. The molecule has 5 nitrogen and oxygen atoms in total.